The fourth-order valence-corrected chi connectivity index (χ4v) is 3.22. The van der Waals surface area contributed by atoms with E-state index in [0.29, 0.717) is 5.92 Å². The first-order valence-electron chi connectivity index (χ1n) is 7.70. The van der Waals surface area contributed by atoms with Crippen LogP contribution in [0, 0.1) is 6.92 Å². The first-order chi connectivity index (χ1) is 9.61. The predicted octanol–water partition coefficient (Wildman–Crippen LogP) is 4.38. The van der Waals surface area contributed by atoms with E-state index in [-0.39, 0.29) is 0 Å². The van der Waals surface area contributed by atoms with Crippen LogP contribution in [-0.4, -0.2) is 31.2 Å². The minimum atomic E-state index is 0.585. The number of hydrogen-bond acceptors (Lipinski definition) is 2. The highest BCUT2D eigenvalue weighted by Gasteiger charge is 2.15. The van der Waals surface area contributed by atoms with Crippen molar-refractivity contribution in [1.82, 2.24) is 4.90 Å². The van der Waals surface area contributed by atoms with Crippen molar-refractivity contribution in [3.63, 3.8) is 0 Å². The van der Waals surface area contributed by atoms with Gasteiger partial charge in [-0.2, -0.15) is 0 Å². The average Bonchev–Trinajstić information content (AvgIpc) is 2.44. The third-order valence-corrected chi connectivity index (χ3v) is 4.60. The highest BCUT2D eigenvalue weighted by Crippen LogP contribution is 2.30. The molecule has 1 aliphatic rings. The fourth-order valence-electron chi connectivity index (χ4n) is 2.97. The number of benzene rings is 1. The van der Waals surface area contributed by atoms with Gasteiger partial charge in [-0.3, -0.25) is 4.90 Å². The molecule has 1 atom stereocenters. The van der Waals surface area contributed by atoms with Gasteiger partial charge in [-0.1, -0.05) is 37.9 Å². The second kappa shape index (κ2) is 7.44. The molecule has 1 aliphatic heterocycles. The third-order valence-electron chi connectivity index (χ3n) is 4.21. The van der Waals surface area contributed by atoms with Crippen LogP contribution in [-0.2, 0) is 11.3 Å². The van der Waals surface area contributed by atoms with Crippen molar-refractivity contribution in [2.24, 2.45) is 0 Å². The van der Waals surface area contributed by atoms with Gasteiger partial charge in [0.2, 0.25) is 0 Å². The van der Waals surface area contributed by atoms with Gasteiger partial charge in [0, 0.05) is 24.7 Å². The Morgan fingerprint density at radius 1 is 1.30 bits per heavy atom. The maximum Gasteiger partial charge on any atom is 0.0594 e. The van der Waals surface area contributed by atoms with Gasteiger partial charge in [0.05, 0.1) is 13.2 Å². The predicted molar refractivity (Wildman–Crippen MR) is 85.6 cm³/mol. The summed E-state index contributed by atoms with van der Waals surface area (Å²) in [4.78, 5) is 2.44. The summed E-state index contributed by atoms with van der Waals surface area (Å²) in [5.41, 5.74) is 4.00. The molecule has 1 aromatic carbocycles. The number of ether oxygens (including phenoxy) is 1. The molecule has 0 aromatic heterocycles. The summed E-state index contributed by atoms with van der Waals surface area (Å²) >= 11 is 6.44. The number of halogens is 1. The van der Waals surface area contributed by atoms with Crippen LogP contribution in [0.4, 0.5) is 0 Å². The lowest BCUT2D eigenvalue weighted by Gasteiger charge is -2.27. The summed E-state index contributed by atoms with van der Waals surface area (Å²) in [5.74, 6) is 0.585. The van der Waals surface area contributed by atoms with Gasteiger partial charge in [-0.05, 0) is 42.0 Å². The zero-order valence-electron chi connectivity index (χ0n) is 12.9. The molecule has 1 aromatic rings. The van der Waals surface area contributed by atoms with Gasteiger partial charge in [0.25, 0.3) is 0 Å². The zero-order valence-corrected chi connectivity index (χ0v) is 13.7. The van der Waals surface area contributed by atoms with Crippen LogP contribution in [0.3, 0.4) is 0 Å². The minimum absolute atomic E-state index is 0.585. The Morgan fingerprint density at radius 3 is 2.65 bits per heavy atom. The fraction of sp³-hybridized carbons (Fsp3) is 0.647. The summed E-state index contributed by atoms with van der Waals surface area (Å²) in [6.45, 7) is 11.4. The molecular formula is C17H26ClNO. The summed E-state index contributed by atoms with van der Waals surface area (Å²) in [7, 11) is 0. The number of nitrogens with zero attached hydrogens (tertiary/aromatic N) is 1. The Labute approximate surface area is 128 Å². The zero-order chi connectivity index (χ0) is 14.5. The number of hydrogen-bond donors (Lipinski definition) is 0. The highest BCUT2D eigenvalue weighted by atomic mass is 35.5. The number of morpholine rings is 1. The molecule has 1 fully saturated rings. The van der Waals surface area contributed by atoms with Crippen molar-refractivity contribution in [2.45, 2.75) is 46.1 Å². The topological polar surface area (TPSA) is 12.5 Å². The Morgan fingerprint density at radius 2 is 2.00 bits per heavy atom. The molecule has 0 spiro atoms. The van der Waals surface area contributed by atoms with E-state index in [4.69, 9.17) is 16.3 Å². The van der Waals surface area contributed by atoms with Crippen molar-refractivity contribution < 1.29 is 4.74 Å². The van der Waals surface area contributed by atoms with Crippen LogP contribution in [0.15, 0.2) is 12.1 Å². The smallest absolute Gasteiger partial charge is 0.0594 e. The van der Waals surface area contributed by atoms with E-state index in [1.807, 2.05) is 0 Å². The Hall–Kier alpha value is -0.570. The van der Waals surface area contributed by atoms with Crippen LogP contribution in [0.1, 0.15) is 49.3 Å². The van der Waals surface area contributed by atoms with Crippen LogP contribution in [0.5, 0.6) is 0 Å². The summed E-state index contributed by atoms with van der Waals surface area (Å²) in [6.07, 6.45) is 2.43. The van der Waals surface area contributed by atoms with Crippen molar-refractivity contribution in [3.05, 3.63) is 33.8 Å². The van der Waals surface area contributed by atoms with E-state index in [2.05, 4.69) is 37.8 Å². The van der Waals surface area contributed by atoms with Gasteiger partial charge < -0.3 is 4.74 Å². The molecule has 1 heterocycles. The first-order valence-corrected chi connectivity index (χ1v) is 8.08. The molecule has 0 bridgehead atoms. The lowest BCUT2D eigenvalue weighted by Crippen LogP contribution is -2.35. The normalized spacial score (nSPS) is 18.2. The van der Waals surface area contributed by atoms with E-state index in [1.54, 1.807) is 0 Å². The SMILES string of the molecule is CCCC(C)c1cc(CN2CCOCC2)cc(Cl)c1C. The second-order valence-corrected chi connectivity index (χ2v) is 6.28. The molecule has 0 aliphatic carbocycles. The molecule has 1 saturated heterocycles. The van der Waals surface area contributed by atoms with Crippen molar-refractivity contribution in [1.29, 1.82) is 0 Å². The quantitative estimate of drug-likeness (QED) is 0.799. The van der Waals surface area contributed by atoms with Gasteiger partial charge >= 0.3 is 0 Å². The van der Waals surface area contributed by atoms with Gasteiger partial charge in [0.1, 0.15) is 0 Å². The summed E-state index contributed by atoms with van der Waals surface area (Å²) in [6, 6.07) is 4.49. The molecule has 0 amide bonds. The molecule has 20 heavy (non-hydrogen) atoms. The molecular weight excluding hydrogens is 270 g/mol. The van der Waals surface area contributed by atoms with Crippen LogP contribution in [0.25, 0.3) is 0 Å². The third kappa shape index (κ3) is 3.97. The Bertz CT molecular complexity index is 441. The van der Waals surface area contributed by atoms with E-state index >= 15 is 0 Å². The minimum Gasteiger partial charge on any atom is -0.379 e. The molecule has 1 unspecified atom stereocenters. The van der Waals surface area contributed by atoms with Crippen molar-refractivity contribution in [3.8, 4) is 0 Å². The Balaban J connectivity index is 2.16. The van der Waals surface area contributed by atoms with E-state index in [1.165, 1.54) is 29.5 Å². The summed E-state index contributed by atoms with van der Waals surface area (Å²) < 4.78 is 5.41. The largest absolute Gasteiger partial charge is 0.379 e. The lowest BCUT2D eigenvalue weighted by atomic mass is 9.91. The van der Waals surface area contributed by atoms with Gasteiger partial charge in [-0.25, -0.2) is 0 Å². The molecule has 2 rings (SSSR count). The first kappa shape index (κ1) is 15.8. The second-order valence-electron chi connectivity index (χ2n) is 5.87. The molecule has 112 valence electrons. The average molecular weight is 296 g/mol. The van der Waals surface area contributed by atoms with Gasteiger partial charge in [-0.15, -0.1) is 0 Å². The monoisotopic (exact) mass is 295 g/mol. The summed E-state index contributed by atoms with van der Waals surface area (Å²) in [5, 5.41) is 0.911. The highest BCUT2D eigenvalue weighted by molar-refractivity contribution is 6.31. The molecule has 2 nitrogen and oxygen atoms in total. The van der Waals surface area contributed by atoms with Crippen LogP contribution < -0.4 is 0 Å². The van der Waals surface area contributed by atoms with Crippen LogP contribution in [0.2, 0.25) is 5.02 Å². The molecule has 0 radical (unpaired) electrons. The lowest BCUT2D eigenvalue weighted by molar-refractivity contribution is 0.0342. The van der Waals surface area contributed by atoms with E-state index in [9.17, 15) is 0 Å². The molecule has 0 N–H and O–H groups in total. The molecule has 0 saturated carbocycles. The standard InChI is InChI=1S/C17H26ClNO/c1-4-5-13(2)16-10-15(11-17(18)14(16)3)12-19-6-8-20-9-7-19/h10-11,13H,4-9,12H2,1-3H3. The van der Waals surface area contributed by atoms with Crippen molar-refractivity contribution in [2.75, 3.05) is 26.3 Å². The maximum atomic E-state index is 6.44. The van der Waals surface area contributed by atoms with Crippen LogP contribution >= 0.6 is 11.6 Å². The van der Waals surface area contributed by atoms with E-state index < -0.39 is 0 Å². The molecule has 3 heteroatoms. The maximum absolute atomic E-state index is 6.44. The van der Waals surface area contributed by atoms with Gasteiger partial charge in [0.15, 0.2) is 0 Å². The Kier molecular flexibility index (Phi) is 5.88. The number of rotatable bonds is 5. The van der Waals surface area contributed by atoms with E-state index in [0.717, 1.165) is 37.9 Å². The van der Waals surface area contributed by atoms with Crippen molar-refractivity contribution >= 4 is 11.6 Å².